The van der Waals surface area contributed by atoms with Crippen molar-refractivity contribution in [2.24, 2.45) is 0 Å². The second kappa shape index (κ2) is 7.75. The summed E-state index contributed by atoms with van der Waals surface area (Å²) in [5.74, 6) is 0.0847. The van der Waals surface area contributed by atoms with Gasteiger partial charge in [0, 0.05) is 30.2 Å². The maximum Gasteiger partial charge on any atom is 0.261 e. The fraction of sp³-hybridized carbons (Fsp3) is 0.529. The SMILES string of the molecule is Cc1ccc(C(=O)NC2CCN(CCCc3cn[nH]c3)CC2)s1. The van der Waals surface area contributed by atoms with Crippen LogP contribution in [0.1, 0.15) is 39.4 Å². The molecular formula is C17H24N4OS. The minimum Gasteiger partial charge on any atom is -0.349 e. The molecule has 1 fully saturated rings. The van der Waals surface area contributed by atoms with E-state index in [1.807, 2.05) is 31.5 Å². The van der Waals surface area contributed by atoms with E-state index < -0.39 is 0 Å². The second-order valence-corrected chi connectivity index (χ2v) is 7.50. The first-order valence-corrected chi connectivity index (χ1v) is 9.09. The number of aromatic nitrogens is 2. The zero-order valence-corrected chi connectivity index (χ0v) is 14.4. The van der Waals surface area contributed by atoms with Crippen LogP contribution < -0.4 is 5.32 Å². The Morgan fingerprint density at radius 2 is 2.26 bits per heavy atom. The summed E-state index contributed by atoms with van der Waals surface area (Å²) in [6.07, 6.45) is 8.18. The average molecular weight is 332 g/mol. The van der Waals surface area contributed by atoms with Crippen LogP contribution in [0.25, 0.3) is 0 Å². The number of nitrogens with one attached hydrogen (secondary N) is 2. The van der Waals surface area contributed by atoms with E-state index in [9.17, 15) is 4.79 Å². The van der Waals surface area contributed by atoms with Gasteiger partial charge < -0.3 is 10.2 Å². The molecule has 3 rings (SSSR count). The maximum atomic E-state index is 12.2. The normalized spacial score (nSPS) is 16.6. The fourth-order valence-corrected chi connectivity index (χ4v) is 3.81. The van der Waals surface area contributed by atoms with Crippen LogP contribution in [0.3, 0.4) is 0 Å². The van der Waals surface area contributed by atoms with Gasteiger partial charge in [0.1, 0.15) is 0 Å². The molecule has 23 heavy (non-hydrogen) atoms. The fourth-order valence-electron chi connectivity index (χ4n) is 3.04. The van der Waals surface area contributed by atoms with E-state index in [0.29, 0.717) is 6.04 Å². The Morgan fingerprint density at radius 1 is 1.43 bits per heavy atom. The predicted molar refractivity (Wildman–Crippen MR) is 92.9 cm³/mol. The molecule has 0 unspecified atom stereocenters. The molecule has 124 valence electrons. The van der Waals surface area contributed by atoms with E-state index in [-0.39, 0.29) is 5.91 Å². The Labute approximate surface area is 141 Å². The third kappa shape index (κ3) is 4.65. The van der Waals surface area contributed by atoms with Gasteiger partial charge in [-0.2, -0.15) is 5.10 Å². The second-order valence-electron chi connectivity index (χ2n) is 6.21. The summed E-state index contributed by atoms with van der Waals surface area (Å²) in [5, 5.41) is 10.0. The molecule has 1 saturated heterocycles. The van der Waals surface area contributed by atoms with Crippen molar-refractivity contribution in [1.29, 1.82) is 0 Å². The number of piperidine rings is 1. The molecule has 0 aromatic carbocycles. The molecule has 0 saturated carbocycles. The summed E-state index contributed by atoms with van der Waals surface area (Å²) in [6, 6.07) is 4.23. The number of aryl methyl sites for hydroxylation is 2. The van der Waals surface area contributed by atoms with E-state index >= 15 is 0 Å². The highest BCUT2D eigenvalue weighted by molar-refractivity contribution is 7.13. The number of hydrogen-bond acceptors (Lipinski definition) is 4. The first-order chi connectivity index (χ1) is 11.2. The van der Waals surface area contributed by atoms with Crippen molar-refractivity contribution in [3.8, 4) is 0 Å². The molecule has 1 amide bonds. The number of hydrogen-bond donors (Lipinski definition) is 2. The maximum absolute atomic E-state index is 12.2. The number of carbonyl (C=O) groups is 1. The summed E-state index contributed by atoms with van der Waals surface area (Å²) in [7, 11) is 0. The van der Waals surface area contributed by atoms with Gasteiger partial charge in [0.2, 0.25) is 0 Å². The Bertz CT molecular complexity index is 614. The van der Waals surface area contributed by atoms with Crippen LogP contribution in [-0.2, 0) is 6.42 Å². The van der Waals surface area contributed by atoms with Crippen molar-refractivity contribution >= 4 is 17.2 Å². The highest BCUT2D eigenvalue weighted by Gasteiger charge is 2.21. The highest BCUT2D eigenvalue weighted by Crippen LogP contribution is 2.17. The lowest BCUT2D eigenvalue weighted by Gasteiger charge is -2.32. The van der Waals surface area contributed by atoms with E-state index in [4.69, 9.17) is 0 Å². The quantitative estimate of drug-likeness (QED) is 0.855. The predicted octanol–water partition coefficient (Wildman–Crippen LogP) is 2.61. The number of carbonyl (C=O) groups excluding carboxylic acids is 1. The monoisotopic (exact) mass is 332 g/mol. The molecule has 2 aromatic heterocycles. The van der Waals surface area contributed by atoms with Crippen LogP contribution in [0.15, 0.2) is 24.5 Å². The number of aromatic amines is 1. The van der Waals surface area contributed by atoms with Crippen molar-refractivity contribution in [3.05, 3.63) is 39.8 Å². The van der Waals surface area contributed by atoms with Crippen LogP contribution in [0.5, 0.6) is 0 Å². The smallest absolute Gasteiger partial charge is 0.261 e. The van der Waals surface area contributed by atoms with Crippen LogP contribution in [-0.4, -0.2) is 46.7 Å². The number of thiophene rings is 1. The van der Waals surface area contributed by atoms with Crippen molar-refractivity contribution in [2.75, 3.05) is 19.6 Å². The summed E-state index contributed by atoms with van der Waals surface area (Å²) in [5.41, 5.74) is 1.28. The van der Waals surface area contributed by atoms with E-state index in [1.165, 1.54) is 10.4 Å². The number of amides is 1. The summed E-state index contributed by atoms with van der Waals surface area (Å²) < 4.78 is 0. The number of likely N-dealkylation sites (tertiary alicyclic amines) is 1. The van der Waals surface area contributed by atoms with Crippen molar-refractivity contribution in [3.63, 3.8) is 0 Å². The first kappa shape index (κ1) is 16.2. The first-order valence-electron chi connectivity index (χ1n) is 8.28. The lowest BCUT2D eigenvalue weighted by molar-refractivity contribution is 0.0915. The van der Waals surface area contributed by atoms with Gasteiger partial charge in [-0.05, 0) is 56.8 Å². The Hall–Kier alpha value is -1.66. The molecule has 0 radical (unpaired) electrons. The van der Waals surface area contributed by atoms with E-state index in [2.05, 4.69) is 20.4 Å². The van der Waals surface area contributed by atoms with Crippen LogP contribution >= 0.6 is 11.3 Å². The van der Waals surface area contributed by atoms with Crippen LogP contribution in [0.2, 0.25) is 0 Å². The van der Waals surface area contributed by atoms with Gasteiger partial charge in [0.15, 0.2) is 0 Å². The molecule has 0 spiro atoms. The van der Waals surface area contributed by atoms with Crippen LogP contribution in [0, 0.1) is 6.92 Å². The molecule has 0 atom stereocenters. The third-order valence-corrected chi connectivity index (χ3v) is 5.38. The van der Waals surface area contributed by atoms with E-state index in [0.717, 1.165) is 50.2 Å². The minimum atomic E-state index is 0.0847. The lowest BCUT2D eigenvalue weighted by atomic mass is 10.0. The minimum absolute atomic E-state index is 0.0847. The Kier molecular flexibility index (Phi) is 5.46. The highest BCUT2D eigenvalue weighted by atomic mass is 32.1. The number of H-pyrrole nitrogens is 1. The molecule has 1 aliphatic rings. The molecule has 1 aliphatic heterocycles. The number of rotatable bonds is 6. The topological polar surface area (TPSA) is 61.0 Å². The van der Waals surface area contributed by atoms with Gasteiger partial charge in [-0.25, -0.2) is 0 Å². The molecule has 5 nitrogen and oxygen atoms in total. The molecule has 0 aliphatic carbocycles. The van der Waals surface area contributed by atoms with Gasteiger partial charge in [0.25, 0.3) is 5.91 Å². The zero-order chi connectivity index (χ0) is 16.1. The number of nitrogens with zero attached hydrogens (tertiary/aromatic N) is 2. The average Bonchev–Trinajstić information content (AvgIpc) is 3.21. The largest absolute Gasteiger partial charge is 0.349 e. The molecular weight excluding hydrogens is 308 g/mol. The van der Waals surface area contributed by atoms with Gasteiger partial charge in [0.05, 0.1) is 11.1 Å². The molecule has 2 aromatic rings. The zero-order valence-electron chi connectivity index (χ0n) is 13.5. The Balaban J connectivity index is 1.36. The van der Waals surface area contributed by atoms with E-state index in [1.54, 1.807) is 11.3 Å². The van der Waals surface area contributed by atoms with Gasteiger partial charge in [-0.3, -0.25) is 9.89 Å². The third-order valence-electron chi connectivity index (χ3n) is 4.38. The molecule has 6 heteroatoms. The Morgan fingerprint density at radius 3 is 2.91 bits per heavy atom. The summed E-state index contributed by atoms with van der Waals surface area (Å²) in [4.78, 5) is 16.7. The molecule has 3 heterocycles. The lowest BCUT2D eigenvalue weighted by Crippen LogP contribution is -2.44. The van der Waals surface area contributed by atoms with Gasteiger partial charge in [-0.15, -0.1) is 11.3 Å². The van der Waals surface area contributed by atoms with Crippen molar-refractivity contribution < 1.29 is 4.79 Å². The van der Waals surface area contributed by atoms with Crippen molar-refractivity contribution in [1.82, 2.24) is 20.4 Å². The van der Waals surface area contributed by atoms with Gasteiger partial charge >= 0.3 is 0 Å². The standard InChI is InChI=1S/C17H24N4OS/c1-13-4-5-16(23-13)17(22)20-15-6-9-21(10-7-15)8-2-3-14-11-18-19-12-14/h4-5,11-12,15H,2-3,6-10H2,1H3,(H,18,19)(H,20,22). The summed E-state index contributed by atoms with van der Waals surface area (Å²) >= 11 is 1.56. The van der Waals surface area contributed by atoms with Crippen molar-refractivity contribution in [2.45, 2.75) is 38.6 Å². The molecule has 0 bridgehead atoms. The van der Waals surface area contributed by atoms with Crippen LogP contribution in [0.4, 0.5) is 0 Å². The molecule has 2 N–H and O–H groups in total. The summed E-state index contributed by atoms with van der Waals surface area (Å²) in [6.45, 7) is 5.29. The van der Waals surface area contributed by atoms with Gasteiger partial charge in [-0.1, -0.05) is 0 Å².